The molecule has 0 saturated heterocycles. The summed E-state index contributed by atoms with van der Waals surface area (Å²) in [6, 6.07) is 13.6. The molecule has 1 unspecified atom stereocenters. The van der Waals surface area contributed by atoms with Crippen LogP contribution in [0.15, 0.2) is 48.8 Å². The van der Waals surface area contributed by atoms with Gasteiger partial charge >= 0.3 is 0 Å². The molecular formula is C18H20N2S. The predicted molar refractivity (Wildman–Crippen MR) is 90.8 cm³/mol. The van der Waals surface area contributed by atoms with Crippen LogP contribution in [0.2, 0.25) is 0 Å². The lowest BCUT2D eigenvalue weighted by atomic mass is 10.1. The summed E-state index contributed by atoms with van der Waals surface area (Å²) in [5.74, 6) is 0. The topological polar surface area (TPSA) is 24.9 Å². The normalized spacial score (nSPS) is 12.7. The monoisotopic (exact) mass is 296 g/mol. The van der Waals surface area contributed by atoms with E-state index in [1.54, 1.807) is 0 Å². The Morgan fingerprint density at radius 2 is 2.05 bits per heavy atom. The molecule has 1 aromatic carbocycles. The van der Waals surface area contributed by atoms with Crippen molar-refractivity contribution in [2.24, 2.45) is 0 Å². The number of fused-ring (bicyclic) bond motifs is 1. The van der Waals surface area contributed by atoms with Crippen molar-refractivity contribution in [2.45, 2.75) is 32.9 Å². The number of aryl methyl sites for hydroxylation is 1. The molecule has 1 N–H and O–H groups in total. The van der Waals surface area contributed by atoms with Gasteiger partial charge < -0.3 is 5.32 Å². The first-order valence-corrected chi connectivity index (χ1v) is 8.14. The van der Waals surface area contributed by atoms with Gasteiger partial charge in [-0.1, -0.05) is 12.1 Å². The minimum atomic E-state index is 0.483. The second-order valence-corrected chi connectivity index (χ2v) is 6.93. The number of nitrogens with zero attached hydrogens (tertiary/aromatic N) is 1. The molecule has 3 heteroatoms. The van der Waals surface area contributed by atoms with E-state index in [-0.39, 0.29) is 0 Å². The number of hydrogen-bond acceptors (Lipinski definition) is 3. The molecule has 0 saturated carbocycles. The van der Waals surface area contributed by atoms with Gasteiger partial charge in [-0.25, -0.2) is 0 Å². The summed E-state index contributed by atoms with van der Waals surface area (Å²) in [5.41, 5.74) is 1.32. The molecule has 2 aromatic heterocycles. The molecule has 0 spiro atoms. The third-order valence-corrected chi connectivity index (χ3v) is 4.69. The Kier molecular flexibility index (Phi) is 4.32. The smallest absolute Gasteiger partial charge is 0.0346 e. The second kappa shape index (κ2) is 6.37. The summed E-state index contributed by atoms with van der Waals surface area (Å²) in [7, 11) is 0. The summed E-state index contributed by atoms with van der Waals surface area (Å²) in [6.07, 6.45) is 4.85. The summed E-state index contributed by atoms with van der Waals surface area (Å²) in [6.45, 7) is 5.32. The second-order valence-electron chi connectivity index (χ2n) is 5.56. The van der Waals surface area contributed by atoms with E-state index in [0.29, 0.717) is 6.04 Å². The first kappa shape index (κ1) is 14.2. The molecule has 1 atom stereocenters. The van der Waals surface area contributed by atoms with Crippen molar-refractivity contribution < 1.29 is 0 Å². The molecule has 3 aromatic rings. The molecule has 21 heavy (non-hydrogen) atoms. The highest BCUT2D eigenvalue weighted by atomic mass is 32.1. The van der Waals surface area contributed by atoms with E-state index in [9.17, 15) is 0 Å². The molecule has 0 fully saturated rings. The first-order valence-electron chi connectivity index (χ1n) is 7.32. The number of benzene rings is 1. The lowest BCUT2D eigenvalue weighted by Gasteiger charge is -2.13. The van der Waals surface area contributed by atoms with Crippen LogP contribution in [0.3, 0.4) is 0 Å². The number of thiophene rings is 1. The molecule has 3 rings (SSSR count). The Morgan fingerprint density at radius 1 is 1.14 bits per heavy atom. The van der Waals surface area contributed by atoms with Crippen molar-refractivity contribution in [3.05, 3.63) is 64.1 Å². The molecule has 0 amide bonds. The fourth-order valence-electron chi connectivity index (χ4n) is 2.50. The average Bonchev–Trinajstić information content (AvgIpc) is 2.90. The van der Waals surface area contributed by atoms with E-state index >= 15 is 0 Å². The molecule has 0 aliphatic heterocycles. The van der Waals surface area contributed by atoms with E-state index in [1.165, 1.54) is 26.1 Å². The largest absolute Gasteiger partial charge is 0.310 e. The molecule has 2 heterocycles. The summed E-state index contributed by atoms with van der Waals surface area (Å²) in [4.78, 5) is 7.00. The summed E-state index contributed by atoms with van der Waals surface area (Å²) < 4.78 is 0. The van der Waals surface area contributed by atoms with Crippen molar-refractivity contribution in [1.29, 1.82) is 0 Å². The molecule has 108 valence electrons. The maximum atomic E-state index is 4.15. The van der Waals surface area contributed by atoms with Crippen LogP contribution in [0.25, 0.3) is 10.8 Å². The molecule has 0 aliphatic carbocycles. The van der Waals surface area contributed by atoms with Crippen LogP contribution in [0, 0.1) is 6.92 Å². The molecule has 0 aliphatic rings. The van der Waals surface area contributed by atoms with Crippen molar-refractivity contribution >= 4 is 22.1 Å². The first-order chi connectivity index (χ1) is 10.2. The minimum absolute atomic E-state index is 0.483. The molecular weight excluding hydrogens is 276 g/mol. The highest BCUT2D eigenvalue weighted by Crippen LogP contribution is 2.17. The van der Waals surface area contributed by atoms with Gasteiger partial charge in [-0.05, 0) is 55.5 Å². The Hall–Kier alpha value is -1.71. The number of hydrogen-bond donors (Lipinski definition) is 1. The number of rotatable bonds is 5. The zero-order valence-corrected chi connectivity index (χ0v) is 13.3. The maximum Gasteiger partial charge on any atom is 0.0346 e. The van der Waals surface area contributed by atoms with Crippen molar-refractivity contribution in [1.82, 2.24) is 10.3 Å². The van der Waals surface area contributed by atoms with Gasteiger partial charge in [0.15, 0.2) is 0 Å². The van der Waals surface area contributed by atoms with E-state index in [0.717, 1.165) is 13.0 Å². The molecule has 0 radical (unpaired) electrons. The van der Waals surface area contributed by atoms with Crippen LogP contribution < -0.4 is 5.32 Å². The van der Waals surface area contributed by atoms with Gasteiger partial charge in [0, 0.05) is 40.1 Å². The Labute approximate surface area is 129 Å². The Bertz CT molecular complexity index is 733. The highest BCUT2D eigenvalue weighted by Gasteiger charge is 2.05. The Morgan fingerprint density at radius 3 is 2.86 bits per heavy atom. The van der Waals surface area contributed by atoms with Gasteiger partial charge in [-0.15, -0.1) is 11.3 Å². The van der Waals surface area contributed by atoms with Gasteiger partial charge in [-0.3, -0.25) is 4.98 Å². The van der Waals surface area contributed by atoms with Crippen molar-refractivity contribution in [3.8, 4) is 0 Å². The van der Waals surface area contributed by atoms with Gasteiger partial charge in [0.05, 0.1) is 0 Å². The van der Waals surface area contributed by atoms with E-state index in [4.69, 9.17) is 0 Å². The van der Waals surface area contributed by atoms with E-state index in [1.807, 2.05) is 23.7 Å². The van der Waals surface area contributed by atoms with Crippen LogP contribution in [-0.4, -0.2) is 11.0 Å². The van der Waals surface area contributed by atoms with Crippen LogP contribution in [0.4, 0.5) is 0 Å². The quantitative estimate of drug-likeness (QED) is 0.758. The SMILES string of the molecule is Cc1ccc(CC(C)NCc2ccc3cnccc3c2)s1. The maximum absolute atomic E-state index is 4.15. The highest BCUT2D eigenvalue weighted by molar-refractivity contribution is 7.11. The molecule has 0 bridgehead atoms. The van der Waals surface area contributed by atoms with Crippen LogP contribution in [0.5, 0.6) is 0 Å². The fraction of sp³-hybridized carbons (Fsp3) is 0.278. The van der Waals surface area contributed by atoms with Crippen LogP contribution in [0.1, 0.15) is 22.2 Å². The lowest BCUT2D eigenvalue weighted by molar-refractivity contribution is 0.549. The van der Waals surface area contributed by atoms with Crippen LogP contribution >= 0.6 is 11.3 Å². The zero-order valence-electron chi connectivity index (χ0n) is 12.5. The molecule has 2 nitrogen and oxygen atoms in total. The van der Waals surface area contributed by atoms with Gasteiger partial charge in [0.25, 0.3) is 0 Å². The fourth-order valence-corrected chi connectivity index (χ4v) is 3.52. The van der Waals surface area contributed by atoms with E-state index < -0.39 is 0 Å². The average molecular weight is 296 g/mol. The summed E-state index contributed by atoms with van der Waals surface area (Å²) in [5, 5.41) is 6.07. The lowest BCUT2D eigenvalue weighted by Crippen LogP contribution is -2.27. The van der Waals surface area contributed by atoms with Gasteiger partial charge in [0.2, 0.25) is 0 Å². The number of nitrogens with one attached hydrogen (secondary N) is 1. The van der Waals surface area contributed by atoms with Gasteiger partial charge in [-0.2, -0.15) is 0 Å². The standard InChI is InChI=1S/C18H20N2S/c1-13(9-18-6-3-14(2)21-18)20-11-15-4-5-17-12-19-8-7-16(17)10-15/h3-8,10,12-13,20H,9,11H2,1-2H3. The van der Waals surface area contributed by atoms with Gasteiger partial charge in [0.1, 0.15) is 0 Å². The minimum Gasteiger partial charge on any atom is -0.310 e. The zero-order chi connectivity index (χ0) is 14.7. The summed E-state index contributed by atoms with van der Waals surface area (Å²) >= 11 is 1.89. The van der Waals surface area contributed by atoms with Crippen molar-refractivity contribution in [3.63, 3.8) is 0 Å². The predicted octanol–water partition coefficient (Wildman–Crippen LogP) is 4.33. The Balaban J connectivity index is 1.60. The number of aromatic nitrogens is 1. The van der Waals surface area contributed by atoms with E-state index in [2.05, 4.69) is 60.5 Å². The van der Waals surface area contributed by atoms with Crippen molar-refractivity contribution in [2.75, 3.05) is 0 Å². The van der Waals surface area contributed by atoms with Crippen LogP contribution in [-0.2, 0) is 13.0 Å². The third-order valence-electron chi connectivity index (χ3n) is 3.66. The number of pyridine rings is 1. The third kappa shape index (κ3) is 3.69.